The Morgan fingerprint density at radius 3 is 2.79 bits per heavy atom. The Morgan fingerprint density at radius 2 is 2.17 bits per heavy atom. The van der Waals surface area contributed by atoms with Crippen LogP contribution in [0.25, 0.3) is 0 Å². The van der Waals surface area contributed by atoms with Gasteiger partial charge in [-0.3, -0.25) is 19.7 Å². The lowest BCUT2D eigenvalue weighted by Gasteiger charge is -2.32. The number of carbonyl (C=O) groups excluding carboxylic acids is 2. The molecule has 2 N–H and O–H groups in total. The molecule has 1 fully saturated rings. The van der Waals surface area contributed by atoms with Gasteiger partial charge in [-0.25, -0.2) is 4.79 Å². The summed E-state index contributed by atoms with van der Waals surface area (Å²) in [5, 5.41) is 10.6. The highest BCUT2D eigenvalue weighted by molar-refractivity contribution is 7.16. The molecular weight excluding hydrogens is 326 g/mol. The fraction of sp³-hybridized carbons (Fsp3) is 0.438. The molecule has 1 aliphatic heterocycles. The SMILES string of the molecule is Cc1cc(N2CCC[C@H](NC(=O)Nc3ccc(C)s3)C2=O)n(C)n1. The molecule has 3 rings (SSSR count). The van der Waals surface area contributed by atoms with Gasteiger partial charge in [-0.1, -0.05) is 0 Å². The highest BCUT2D eigenvalue weighted by atomic mass is 32.1. The highest BCUT2D eigenvalue weighted by Crippen LogP contribution is 2.23. The Labute approximate surface area is 144 Å². The van der Waals surface area contributed by atoms with Crippen LogP contribution in [-0.4, -0.2) is 34.3 Å². The minimum atomic E-state index is -0.519. The van der Waals surface area contributed by atoms with Gasteiger partial charge in [-0.05, 0) is 38.8 Å². The number of nitrogens with one attached hydrogen (secondary N) is 2. The number of rotatable bonds is 3. The largest absolute Gasteiger partial charge is 0.326 e. The zero-order chi connectivity index (χ0) is 17.3. The average molecular weight is 347 g/mol. The number of urea groups is 1. The second kappa shape index (κ2) is 6.64. The number of aryl methyl sites for hydroxylation is 3. The number of amides is 3. The van der Waals surface area contributed by atoms with E-state index in [1.807, 2.05) is 39.1 Å². The molecule has 0 saturated carbocycles. The summed E-state index contributed by atoms with van der Waals surface area (Å²) in [6.07, 6.45) is 1.47. The van der Waals surface area contributed by atoms with Crippen molar-refractivity contribution in [1.29, 1.82) is 0 Å². The van der Waals surface area contributed by atoms with Crippen LogP contribution in [0.5, 0.6) is 0 Å². The standard InChI is InChI=1S/C16H21N5O2S/c1-10-9-14(20(3)19-10)21-8-4-5-12(15(21)22)17-16(23)18-13-7-6-11(2)24-13/h6-7,9,12H,4-5,8H2,1-3H3,(H2,17,18,23)/t12-/m0/s1. The second-order valence-electron chi connectivity index (χ2n) is 5.96. The monoisotopic (exact) mass is 347 g/mol. The summed E-state index contributed by atoms with van der Waals surface area (Å²) < 4.78 is 1.70. The number of hydrogen-bond acceptors (Lipinski definition) is 4. The molecule has 0 bridgehead atoms. The van der Waals surface area contributed by atoms with Crippen LogP contribution in [0.4, 0.5) is 15.6 Å². The van der Waals surface area contributed by atoms with Crippen LogP contribution in [0.15, 0.2) is 18.2 Å². The minimum absolute atomic E-state index is 0.0956. The lowest BCUT2D eigenvalue weighted by Crippen LogP contribution is -2.53. The van der Waals surface area contributed by atoms with Crippen molar-refractivity contribution in [3.05, 3.63) is 28.8 Å². The van der Waals surface area contributed by atoms with Crippen molar-refractivity contribution in [2.45, 2.75) is 32.7 Å². The van der Waals surface area contributed by atoms with Gasteiger partial charge in [0.15, 0.2) is 0 Å². The Morgan fingerprint density at radius 1 is 1.38 bits per heavy atom. The first kappa shape index (κ1) is 16.5. The van der Waals surface area contributed by atoms with E-state index in [0.29, 0.717) is 13.0 Å². The first-order chi connectivity index (χ1) is 11.4. The lowest BCUT2D eigenvalue weighted by atomic mass is 10.0. The average Bonchev–Trinajstić information content (AvgIpc) is 3.06. The van der Waals surface area contributed by atoms with Crippen LogP contribution in [-0.2, 0) is 11.8 Å². The zero-order valence-electron chi connectivity index (χ0n) is 14.0. The van der Waals surface area contributed by atoms with Crippen molar-refractivity contribution in [1.82, 2.24) is 15.1 Å². The molecule has 0 aliphatic carbocycles. The summed E-state index contributed by atoms with van der Waals surface area (Å²) in [4.78, 5) is 27.7. The number of hydrogen-bond donors (Lipinski definition) is 2. The van der Waals surface area contributed by atoms with Gasteiger partial charge in [0.25, 0.3) is 5.91 Å². The second-order valence-corrected chi connectivity index (χ2v) is 7.25. The number of aromatic nitrogens is 2. The third-order valence-electron chi connectivity index (χ3n) is 3.97. The third-order valence-corrected chi connectivity index (χ3v) is 4.89. The molecule has 24 heavy (non-hydrogen) atoms. The van der Waals surface area contributed by atoms with E-state index in [2.05, 4.69) is 15.7 Å². The van der Waals surface area contributed by atoms with Crippen LogP contribution >= 0.6 is 11.3 Å². The van der Waals surface area contributed by atoms with Crippen molar-refractivity contribution in [2.75, 3.05) is 16.8 Å². The van der Waals surface area contributed by atoms with Crippen LogP contribution < -0.4 is 15.5 Å². The molecule has 0 unspecified atom stereocenters. The summed E-state index contributed by atoms with van der Waals surface area (Å²) in [5.74, 6) is 0.667. The maximum Gasteiger partial charge on any atom is 0.320 e. The van der Waals surface area contributed by atoms with Gasteiger partial charge < -0.3 is 5.32 Å². The molecule has 7 nitrogen and oxygen atoms in total. The molecule has 1 saturated heterocycles. The molecule has 3 heterocycles. The molecule has 2 aromatic rings. The number of carbonyl (C=O) groups is 2. The van der Waals surface area contributed by atoms with E-state index in [1.54, 1.807) is 9.58 Å². The first-order valence-electron chi connectivity index (χ1n) is 7.90. The van der Waals surface area contributed by atoms with Crippen molar-refractivity contribution >= 4 is 34.1 Å². The predicted molar refractivity (Wildman–Crippen MR) is 94.5 cm³/mol. The van der Waals surface area contributed by atoms with Crippen molar-refractivity contribution in [3.63, 3.8) is 0 Å². The predicted octanol–water partition coefficient (Wildman–Crippen LogP) is 2.42. The summed E-state index contributed by atoms with van der Waals surface area (Å²) in [6, 6.07) is 4.81. The van der Waals surface area contributed by atoms with Crippen LogP contribution in [0.1, 0.15) is 23.4 Å². The Hall–Kier alpha value is -2.35. The molecule has 8 heteroatoms. The third kappa shape index (κ3) is 3.43. The van der Waals surface area contributed by atoms with Gasteiger partial charge in [0, 0.05) is 24.5 Å². The van der Waals surface area contributed by atoms with E-state index in [0.717, 1.165) is 27.8 Å². The van der Waals surface area contributed by atoms with E-state index in [4.69, 9.17) is 0 Å². The fourth-order valence-electron chi connectivity index (χ4n) is 2.89. The summed E-state index contributed by atoms with van der Waals surface area (Å²) in [5.41, 5.74) is 0.862. The first-order valence-corrected chi connectivity index (χ1v) is 8.71. The van der Waals surface area contributed by atoms with Crippen LogP contribution in [0, 0.1) is 13.8 Å². The number of nitrogens with zero attached hydrogens (tertiary/aromatic N) is 3. The number of piperidine rings is 1. The van der Waals surface area contributed by atoms with Crippen molar-refractivity contribution in [3.8, 4) is 0 Å². The summed E-state index contributed by atoms with van der Waals surface area (Å²) in [6.45, 7) is 4.51. The fourth-order valence-corrected chi connectivity index (χ4v) is 3.66. The normalized spacial score (nSPS) is 17.9. The van der Waals surface area contributed by atoms with Gasteiger partial charge in [0.05, 0.1) is 10.7 Å². The van der Waals surface area contributed by atoms with Crippen LogP contribution in [0.2, 0.25) is 0 Å². The molecule has 0 aromatic carbocycles. The number of thiophene rings is 1. The van der Waals surface area contributed by atoms with E-state index in [1.165, 1.54) is 11.3 Å². The van der Waals surface area contributed by atoms with Gasteiger partial charge in [-0.15, -0.1) is 11.3 Å². The Kier molecular flexibility index (Phi) is 4.57. The van der Waals surface area contributed by atoms with E-state index in [-0.39, 0.29) is 11.9 Å². The minimum Gasteiger partial charge on any atom is -0.326 e. The van der Waals surface area contributed by atoms with Gasteiger partial charge in [0.1, 0.15) is 11.9 Å². The molecule has 2 aromatic heterocycles. The molecular formula is C16H21N5O2S. The molecule has 0 spiro atoms. The zero-order valence-corrected chi connectivity index (χ0v) is 14.8. The van der Waals surface area contributed by atoms with E-state index < -0.39 is 6.04 Å². The highest BCUT2D eigenvalue weighted by Gasteiger charge is 2.32. The Bertz CT molecular complexity index is 766. The Balaban J connectivity index is 1.66. The summed E-state index contributed by atoms with van der Waals surface area (Å²) >= 11 is 1.50. The smallest absolute Gasteiger partial charge is 0.320 e. The van der Waals surface area contributed by atoms with Crippen molar-refractivity contribution < 1.29 is 9.59 Å². The molecule has 0 radical (unpaired) electrons. The molecule has 3 amide bonds. The molecule has 128 valence electrons. The maximum atomic E-state index is 12.7. The molecule has 1 aliphatic rings. The van der Waals surface area contributed by atoms with Crippen molar-refractivity contribution in [2.24, 2.45) is 7.05 Å². The van der Waals surface area contributed by atoms with E-state index >= 15 is 0 Å². The molecule has 1 atom stereocenters. The quantitative estimate of drug-likeness (QED) is 0.895. The van der Waals surface area contributed by atoms with Gasteiger partial charge >= 0.3 is 6.03 Å². The van der Waals surface area contributed by atoms with Gasteiger partial charge in [0.2, 0.25) is 0 Å². The number of anilines is 2. The lowest BCUT2D eigenvalue weighted by molar-refractivity contribution is -0.121. The summed E-state index contributed by atoms with van der Waals surface area (Å²) in [7, 11) is 1.82. The van der Waals surface area contributed by atoms with E-state index in [9.17, 15) is 9.59 Å². The topological polar surface area (TPSA) is 79.3 Å². The van der Waals surface area contributed by atoms with Crippen LogP contribution in [0.3, 0.4) is 0 Å². The van der Waals surface area contributed by atoms with Gasteiger partial charge in [-0.2, -0.15) is 5.10 Å². The maximum absolute atomic E-state index is 12.7.